The fourth-order valence-electron chi connectivity index (χ4n) is 1.66. The van der Waals surface area contributed by atoms with Crippen molar-refractivity contribution in [2.24, 2.45) is 0 Å². The lowest BCUT2D eigenvalue weighted by Crippen LogP contribution is -2.25. The maximum atomic E-state index is 13.4. The van der Waals surface area contributed by atoms with Crippen molar-refractivity contribution < 1.29 is 9.18 Å². The van der Waals surface area contributed by atoms with E-state index in [1.165, 1.54) is 17.8 Å². The van der Waals surface area contributed by atoms with Crippen LogP contribution in [0.25, 0.3) is 0 Å². The van der Waals surface area contributed by atoms with Gasteiger partial charge in [0.05, 0.1) is 5.75 Å². The molecule has 0 fully saturated rings. The molecule has 0 atom stereocenters. The van der Waals surface area contributed by atoms with Crippen LogP contribution in [0.1, 0.15) is 5.56 Å². The van der Waals surface area contributed by atoms with Crippen molar-refractivity contribution in [2.75, 3.05) is 11.5 Å². The summed E-state index contributed by atoms with van der Waals surface area (Å²) in [5.74, 6) is -0.328. The number of hydrogen-bond donors (Lipinski definition) is 2. The van der Waals surface area contributed by atoms with Crippen LogP contribution in [0.5, 0.6) is 0 Å². The van der Waals surface area contributed by atoms with Crippen molar-refractivity contribution in [1.29, 1.82) is 0 Å². The Kier molecular flexibility index (Phi) is 5.47. The van der Waals surface area contributed by atoms with Crippen LogP contribution in [0.15, 0.2) is 47.4 Å². The molecule has 0 radical (unpaired) electrons. The Hall–Kier alpha value is -1.72. The quantitative estimate of drug-likeness (QED) is 0.654. The molecule has 0 spiro atoms. The molecule has 0 aliphatic rings. The molecule has 0 unspecified atom stereocenters. The topological polar surface area (TPSA) is 55.1 Å². The van der Waals surface area contributed by atoms with Gasteiger partial charge < -0.3 is 11.1 Å². The van der Waals surface area contributed by atoms with Crippen molar-refractivity contribution in [3.63, 3.8) is 0 Å². The predicted molar refractivity (Wildman–Crippen MR) is 84.8 cm³/mol. The molecule has 0 bridgehead atoms. The molecule has 0 aliphatic carbocycles. The Morgan fingerprint density at radius 3 is 2.81 bits per heavy atom. The molecule has 6 heteroatoms. The van der Waals surface area contributed by atoms with E-state index >= 15 is 0 Å². The van der Waals surface area contributed by atoms with Crippen LogP contribution >= 0.6 is 23.4 Å². The third-order valence-electron chi connectivity index (χ3n) is 2.77. The van der Waals surface area contributed by atoms with Crippen LogP contribution in [0.2, 0.25) is 5.02 Å². The summed E-state index contributed by atoms with van der Waals surface area (Å²) in [7, 11) is 0. The van der Waals surface area contributed by atoms with Gasteiger partial charge in [0.1, 0.15) is 5.82 Å². The predicted octanol–water partition coefficient (Wildman–Crippen LogP) is 3.47. The van der Waals surface area contributed by atoms with Crippen molar-refractivity contribution in [3.05, 3.63) is 58.9 Å². The molecule has 3 nitrogen and oxygen atoms in total. The number of nitrogens with one attached hydrogen (secondary N) is 1. The van der Waals surface area contributed by atoms with Gasteiger partial charge >= 0.3 is 0 Å². The highest BCUT2D eigenvalue weighted by atomic mass is 35.5. The summed E-state index contributed by atoms with van der Waals surface area (Å²) in [5.41, 5.74) is 6.83. The Morgan fingerprint density at radius 2 is 2.05 bits per heavy atom. The maximum Gasteiger partial charge on any atom is 0.230 e. The SMILES string of the molecule is Nc1ccc(Cl)cc1SCC(=O)NCc1ccccc1F. The average Bonchev–Trinajstić information content (AvgIpc) is 2.47. The zero-order chi connectivity index (χ0) is 15.2. The van der Waals surface area contributed by atoms with E-state index in [-0.39, 0.29) is 24.0 Å². The molecule has 0 heterocycles. The van der Waals surface area contributed by atoms with Gasteiger partial charge in [-0.3, -0.25) is 4.79 Å². The number of nitrogen functional groups attached to an aromatic ring is 1. The lowest BCUT2D eigenvalue weighted by atomic mass is 10.2. The zero-order valence-electron chi connectivity index (χ0n) is 11.1. The number of thioether (sulfide) groups is 1. The molecule has 3 N–H and O–H groups in total. The van der Waals surface area contributed by atoms with E-state index in [1.54, 1.807) is 36.4 Å². The number of anilines is 1. The molecule has 0 aliphatic heterocycles. The van der Waals surface area contributed by atoms with Crippen LogP contribution in [0.4, 0.5) is 10.1 Å². The van der Waals surface area contributed by atoms with E-state index in [1.807, 2.05) is 0 Å². The Labute approximate surface area is 131 Å². The summed E-state index contributed by atoms with van der Waals surface area (Å²) >= 11 is 7.17. The minimum Gasteiger partial charge on any atom is -0.398 e. The van der Waals surface area contributed by atoms with Gasteiger partial charge in [-0.1, -0.05) is 29.8 Å². The van der Waals surface area contributed by atoms with Gasteiger partial charge in [0.2, 0.25) is 5.91 Å². The standard InChI is InChI=1S/C15H14ClFN2OS/c16-11-5-6-13(18)14(7-11)21-9-15(20)19-8-10-3-1-2-4-12(10)17/h1-7H,8-9,18H2,(H,19,20). The lowest BCUT2D eigenvalue weighted by molar-refractivity contribution is -0.118. The second-order valence-electron chi connectivity index (χ2n) is 4.34. The summed E-state index contributed by atoms with van der Waals surface area (Å²) in [4.78, 5) is 12.5. The highest BCUT2D eigenvalue weighted by molar-refractivity contribution is 8.00. The fraction of sp³-hybridized carbons (Fsp3) is 0.133. The highest BCUT2D eigenvalue weighted by Crippen LogP contribution is 2.27. The number of amides is 1. The Morgan fingerprint density at radius 1 is 1.29 bits per heavy atom. The first-order valence-corrected chi connectivity index (χ1v) is 7.60. The Bertz CT molecular complexity index is 651. The van der Waals surface area contributed by atoms with Crippen molar-refractivity contribution in [1.82, 2.24) is 5.32 Å². The first-order valence-electron chi connectivity index (χ1n) is 6.24. The second kappa shape index (κ2) is 7.33. The summed E-state index contributed by atoms with van der Waals surface area (Å²) in [5, 5.41) is 3.24. The molecule has 2 aromatic carbocycles. The van der Waals surface area contributed by atoms with Gasteiger partial charge in [0.15, 0.2) is 0 Å². The van der Waals surface area contributed by atoms with Crippen LogP contribution in [0.3, 0.4) is 0 Å². The van der Waals surface area contributed by atoms with E-state index in [2.05, 4.69) is 5.32 Å². The van der Waals surface area contributed by atoms with Crippen LogP contribution < -0.4 is 11.1 Å². The first kappa shape index (κ1) is 15.7. The number of hydrogen-bond acceptors (Lipinski definition) is 3. The number of carbonyl (C=O) groups excluding carboxylic acids is 1. The first-order chi connectivity index (χ1) is 10.1. The molecule has 0 aromatic heterocycles. The number of halogens is 2. The molecule has 110 valence electrons. The van der Waals surface area contributed by atoms with Crippen molar-refractivity contribution >= 4 is 35.0 Å². The summed E-state index contributed by atoms with van der Waals surface area (Å²) in [6, 6.07) is 11.4. The summed E-state index contributed by atoms with van der Waals surface area (Å²) in [6.07, 6.45) is 0. The van der Waals surface area contributed by atoms with Gasteiger partial charge in [-0.05, 0) is 24.3 Å². The van der Waals surface area contributed by atoms with E-state index in [0.717, 1.165) is 4.90 Å². The van der Waals surface area contributed by atoms with E-state index in [4.69, 9.17) is 17.3 Å². The van der Waals surface area contributed by atoms with Crippen LogP contribution in [-0.2, 0) is 11.3 Å². The molecule has 2 rings (SSSR count). The minimum atomic E-state index is -0.329. The molecule has 0 saturated carbocycles. The summed E-state index contributed by atoms with van der Waals surface area (Å²) in [6.45, 7) is 0.164. The normalized spacial score (nSPS) is 10.4. The minimum absolute atomic E-state index is 0.164. The molecule has 21 heavy (non-hydrogen) atoms. The number of carbonyl (C=O) groups is 1. The highest BCUT2D eigenvalue weighted by Gasteiger charge is 2.07. The van der Waals surface area contributed by atoms with Gasteiger partial charge in [-0.25, -0.2) is 4.39 Å². The van der Waals surface area contributed by atoms with Gasteiger partial charge in [0, 0.05) is 27.7 Å². The average molecular weight is 325 g/mol. The second-order valence-corrected chi connectivity index (χ2v) is 5.79. The molecule has 0 saturated heterocycles. The van der Waals surface area contributed by atoms with E-state index < -0.39 is 0 Å². The van der Waals surface area contributed by atoms with Gasteiger partial charge in [-0.15, -0.1) is 11.8 Å². The molecule has 1 amide bonds. The molecule has 2 aromatic rings. The van der Waals surface area contributed by atoms with Crippen molar-refractivity contribution in [2.45, 2.75) is 11.4 Å². The van der Waals surface area contributed by atoms with Crippen LogP contribution in [-0.4, -0.2) is 11.7 Å². The lowest BCUT2D eigenvalue weighted by Gasteiger charge is -2.08. The number of rotatable bonds is 5. The molecular formula is C15H14ClFN2OS. The molecular weight excluding hydrogens is 311 g/mol. The van der Waals surface area contributed by atoms with Crippen LogP contribution in [0, 0.1) is 5.82 Å². The van der Waals surface area contributed by atoms with E-state index in [0.29, 0.717) is 16.3 Å². The Balaban J connectivity index is 1.85. The monoisotopic (exact) mass is 324 g/mol. The van der Waals surface area contributed by atoms with E-state index in [9.17, 15) is 9.18 Å². The smallest absolute Gasteiger partial charge is 0.230 e. The fourth-order valence-corrected chi connectivity index (χ4v) is 2.73. The number of benzene rings is 2. The summed E-state index contributed by atoms with van der Waals surface area (Å²) < 4.78 is 13.4. The van der Waals surface area contributed by atoms with Gasteiger partial charge in [-0.2, -0.15) is 0 Å². The third kappa shape index (κ3) is 4.65. The van der Waals surface area contributed by atoms with Crippen molar-refractivity contribution in [3.8, 4) is 0 Å². The zero-order valence-corrected chi connectivity index (χ0v) is 12.7. The largest absolute Gasteiger partial charge is 0.398 e. The number of nitrogens with two attached hydrogens (primary N) is 1. The van der Waals surface area contributed by atoms with Gasteiger partial charge in [0.25, 0.3) is 0 Å². The third-order valence-corrected chi connectivity index (χ3v) is 4.07. The maximum absolute atomic E-state index is 13.4.